The van der Waals surface area contributed by atoms with Gasteiger partial charge in [-0.2, -0.15) is 5.10 Å². The van der Waals surface area contributed by atoms with E-state index in [0.29, 0.717) is 5.13 Å². The van der Waals surface area contributed by atoms with E-state index >= 15 is 0 Å². The minimum Gasteiger partial charge on any atom is -0.297 e. The highest BCUT2D eigenvalue weighted by atomic mass is 32.2. The van der Waals surface area contributed by atoms with Crippen LogP contribution >= 0.6 is 23.1 Å². The van der Waals surface area contributed by atoms with Crippen molar-refractivity contribution in [1.29, 1.82) is 0 Å². The van der Waals surface area contributed by atoms with E-state index in [-0.39, 0.29) is 5.91 Å². The average Bonchev–Trinajstić information content (AvgIpc) is 3.55. The van der Waals surface area contributed by atoms with Crippen LogP contribution in [0.4, 0.5) is 5.13 Å². The van der Waals surface area contributed by atoms with Crippen LogP contribution < -0.4 is 5.32 Å². The van der Waals surface area contributed by atoms with Crippen molar-refractivity contribution in [3.63, 3.8) is 0 Å². The number of para-hydroxylation sites is 1. The predicted octanol–water partition coefficient (Wildman–Crippen LogP) is 6.64. The van der Waals surface area contributed by atoms with Crippen molar-refractivity contribution < 1.29 is 4.79 Å². The maximum Gasteiger partial charge on any atom is 0.250 e. The molecule has 8 heteroatoms. The quantitative estimate of drug-likeness (QED) is 0.144. The lowest BCUT2D eigenvalue weighted by Gasteiger charge is -2.02. The smallest absolute Gasteiger partial charge is 0.250 e. The third kappa shape index (κ3) is 5.79. The molecule has 178 valence electrons. The molecule has 0 aliphatic carbocycles. The van der Waals surface area contributed by atoms with Gasteiger partial charge in [-0.15, -0.1) is 10.2 Å². The van der Waals surface area contributed by atoms with Gasteiger partial charge in [-0.25, -0.2) is 4.68 Å². The topological polar surface area (TPSA) is 72.7 Å². The number of amides is 1. The van der Waals surface area contributed by atoms with Crippen molar-refractivity contribution in [3.8, 4) is 16.9 Å². The Balaban J connectivity index is 1.28. The van der Waals surface area contributed by atoms with Gasteiger partial charge in [0.05, 0.1) is 11.4 Å². The van der Waals surface area contributed by atoms with Gasteiger partial charge in [-0.1, -0.05) is 95.9 Å². The standard InChI is InChI=1S/C28H23N5OS2/c1-20-10-8-9-13-23(20)19-35-28-31-30-27(36-28)29-25(34)17-16-22-18-33(24-14-6-3-7-15-24)32-26(22)21-11-4-2-5-12-21/h2-18H,19H2,1H3,(H,29,30,34)/b17-16+. The van der Waals surface area contributed by atoms with E-state index in [0.717, 1.165) is 32.6 Å². The largest absolute Gasteiger partial charge is 0.297 e. The van der Waals surface area contributed by atoms with E-state index < -0.39 is 0 Å². The summed E-state index contributed by atoms with van der Waals surface area (Å²) in [7, 11) is 0. The fourth-order valence-corrected chi connectivity index (χ4v) is 5.42. The fraction of sp³-hybridized carbons (Fsp3) is 0.0714. The molecule has 0 fully saturated rings. The number of anilines is 1. The first kappa shape index (κ1) is 23.7. The molecule has 5 aromatic rings. The molecule has 0 spiro atoms. The molecule has 1 N–H and O–H groups in total. The fourth-order valence-electron chi connectivity index (χ4n) is 3.59. The SMILES string of the molecule is Cc1ccccc1CSc1nnc(NC(=O)/C=C/c2cn(-c3ccccc3)nc2-c2ccccc2)s1. The lowest BCUT2D eigenvalue weighted by molar-refractivity contribution is -0.111. The molecule has 6 nitrogen and oxygen atoms in total. The molecule has 0 radical (unpaired) electrons. The minimum atomic E-state index is -0.270. The van der Waals surface area contributed by atoms with E-state index in [1.54, 1.807) is 17.8 Å². The zero-order valence-corrected chi connectivity index (χ0v) is 21.2. The number of hydrogen-bond donors (Lipinski definition) is 1. The third-order valence-corrected chi connectivity index (χ3v) is 7.49. The monoisotopic (exact) mass is 509 g/mol. The maximum absolute atomic E-state index is 12.7. The van der Waals surface area contributed by atoms with E-state index in [4.69, 9.17) is 5.10 Å². The Hall–Kier alpha value is -4.01. The molecule has 0 aliphatic heterocycles. The van der Waals surface area contributed by atoms with Crippen LogP contribution in [0.2, 0.25) is 0 Å². The maximum atomic E-state index is 12.7. The van der Waals surface area contributed by atoms with Crippen molar-refractivity contribution >= 4 is 40.2 Å². The van der Waals surface area contributed by atoms with Gasteiger partial charge in [0.1, 0.15) is 0 Å². The van der Waals surface area contributed by atoms with Gasteiger partial charge in [-0.3, -0.25) is 10.1 Å². The van der Waals surface area contributed by atoms with E-state index in [2.05, 4.69) is 34.6 Å². The Morgan fingerprint density at radius 2 is 1.69 bits per heavy atom. The summed E-state index contributed by atoms with van der Waals surface area (Å²) in [6.45, 7) is 2.10. The van der Waals surface area contributed by atoms with Crippen LogP contribution in [-0.4, -0.2) is 25.9 Å². The van der Waals surface area contributed by atoms with Crippen molar-refractivity contribution in [1.82, 2.24) is 20.0 Å². The summed E-state index contributed by atoms with van der Waals surface area (Å²) in [5.41, 5.74) is 6.08. The molecule has 0 saturated heterocycles. The Morgan fingerprint density at radius 1 is 0.972 bits per heavy atom. The van der Waals surface area contributed by atoms with Crippen molar-refractivity contribution in [2.45, 2.75) is 17.0 Å². The van der Waals surface area contributed by atoms with Crippen LogP contribution in [-0.2, 0) is 10.5 Å². The van der Waals surface area contributed by atoms with Gasteiger partial charge in [0.2, 0.25) is 11.0 Å². The van der Waals surface area contributed by atoms with Gasteiger partial charge in [0.25, 0.3) is 0 Å². The second-order valence-corrected chi connectivity index (χ2v) is 10.2. The molecule has 1 amide bonds. The van der Waals surface area contributed by atoms with Crippen molar-refractivity contribution in [3.05, 3.63) is 114 Å². The molecule has 3 aromatic carbocycles. The molecule has 2 aromatic heterocycles. The van der Waals surface area contributed by atoms with E-state index in [1.165, 1.54) is 28.5 Å². The van der Waals surface area contributed by atoms with Crippen molar-refractivity contribution in [2.75, 3.05) is 5.32 Å². The normalized spacial score (nSPS) is 11.1. The summed E-state index contributed by atoms with van der Waals surface area (Å²) in [6, 6.07) is 28.1. The van der Waals surface area contributed by atoms with E-state index in [9.17, 15) is 4.79 Å². The Bertz CT molecular complexity index is 1490. The van der Waals surface area contributed by atoms with Gasteiger partial charge in [0.15, 0.2) is 4.34 Å². The summed E-state index contributed by atoms with van der Waals surface area (Å²) in [4.78, 5) is 12.7. The first-order valence-electron chi connectivity index (χ1n) is 11.4. The molecule has 5 rings (SSSR count). The number of nitrogens with zero attached hydrogens (tertiary/aromatic N) is 4. The number of aryl methyl sites for hydroxylation is 1. The molecule has 36 heavy (non-hydrogen) atoms. The number of benzene rings is 3. The third-order valence-electron chi connectivity index (χ3n) is 5.47. The Morgan fingerprint density at radius 3 is 2.47 bits per heavy atom. The molecule has 0 aliphatic rings. The number of carbonyl (C=O) groups excluding carboxylic acids is 1. The number of carbonyl (C=O) groups is 1. The molecule has 0 saturated carbocycles. The lowest BCUT2D eigenvalue weighted by atomic mass is 10.1. The number of aromatic nitrogens is 4. The zero-order valence-electron chi connectivity index (χ0n) is 19.5. The highest BCUT2D eigenvalue weighted by Crippen LogP contribution is 2.29. The number of hydrogen-bond acceptors (Lipinski definition) is 6. The van der Waals surface area contributed by atoms with E-state index in [1.807, 2.05) is 83.7 Å². The summed E-state index contributed by atoms with van der Waals surface area (Å²) in [5.74, 6) is 0.538. The van der Waals surface area contributed by atoms with Crippen LogP contribution in [0.25, 0.3) is 23.0 Å². The molecule has 0 bridgehead atoms. The Kier molecular flexibility index (Phi) is 7.35. The minimum absolute atomic E-state index is 0.270. The van der Waals surface area contributed by atoms with Gasteiger partial charge >= 0.3 is 0 Å². The number of rotatable bonds is 8. The predicted molar refractivity (Wildman–Crippen MR) is 147 cm³/mol. The average molecular weight is 510 g/mol. The van der Waals surface area contributed by atoms with Gasteiger partial charge < -0.3 is 0 Å². The second-order valence-electron chi connectivity index (χ2n) is 7.99. The number of thioether (sulfide) groups is 1. The first-order chi connectivity index (χ1) is 17.7. The molecule has 0 atom stereocenters. The van der Waals surface area contributed by atoms with Gasteiger partial charge in [0, 0.05) is 29.2 Å². The second kappa shape index (κ2) is 11.2. The summed E-state index contributed by atoms with van der Waals surface area (Å²) < 4.78 is 2.64. The van der Waals surface area contributed by atoms with Crippen molar-refractivity contribution in [2.24, 2.45) is 0 Å². The summed E-state index contributed by atoms with van der Waals surface area (Å²) >= 11 is 2.98. The molecule has 2 heterocycles. The zero-order chi connectivity index (χ0) is 24.7. The summed E-state index contributed by atoms with van der Waals surface area (Å²) in [5, 5.41) is 16.4. The highest BCUT2D eigenvalue weighted by Gasteiger charge is 2.12. The van der Waals surface area contributed by atoms with Crippen LogP contribution in [0.1, 0.15) is 16.7 Å². The molecular formula is C28H23N5OS2. The van der Waals surface area contributed by atoms with Crippen LogP contribution in [0.15, 0.2) is 102 Å². The lowest BCUT2D eigenvalue weighted by Crippen LogP contribution is -2.07. The van der Waals surface area contributed by atoms with Crippen LogP contribution in [0.5, 0.6) is 0 Å². The highest BCUT2D eigenvalue weighted by molar-refractivity contribution is 8.00. The van der Waals surface area contributed by atoms with Gasteiger partial charge in [-0.05, 0) is 36.3 Å². The molecule has 0 unspecified atom stereocenters. The summed E-state index contributed by atoms with van der Waals surface area (Å²) in [6.07, 6.45) is 5.20. The molecular weight excluding hydrogens is 486 g/mol. The van der Waals surface area contributed by atoms with Crippen LogP contribution in [0.3, 0.4) is 0 Å². The number of nitrogens with one attached hydrogen (secondary N) is 1. The van der Waals surface area contributed by atoms with Crippen LogP contribution in [0, 0.1) is 6.92 Å². The Labute approximate surface area is 217 Å². The first-order valence-corrected chi connectivity index (χ1v) is 13.2.